The second-order valence-electron chi connectivity index (χ2n) is 5.34. The molecule has 0 radical (unpaired) electrons. The Balaban J connectivity index is 1.92. The lowest BCUT2D eigenvalue weighted by atomic mass is 10.2. The van der Waals surface area contributed by atoms with Crippen molar-refractivity contribution in [2.45, 2.75) is 24.6 Å². The van der Waals surface area contributed by atoms with Gasteiger partial charge in [0.05, 0.1) is 17.8 Å². The summed E-state index contributed by atoms with van der Waals surface area (Å²) in [6, 6.07) is 3.92. The topological polar surface area (TPSA) is 110 Å². The van der Waals surface area contributed by atoms with E-state index < -0.39 is 16.9 Å². The molecule has 1 aromatic carbocycles. The minimum atomic E-state index is -0.975. The van der Waals surface area contributed by atoms with E-state index in [9.17, 15) is 19.7 Å². The number of thioether (sulfide) groups is 1. The third-order valence-corrected chi connectivity index (χ3v) is 4.78. The van der Waals surface area contributed by atoms with Crippen molar-refractivity contribution in [1.82, 2.24) is 4.90 Å². The van der Waals surface area contributed by atoms with E-state index in [0.717, 1.165) is 0 Å². The van der Waals surface area contributed by atoms with Crippen LogP contribution in [0.4, 0.5) is 5.69 Å². The van der Waals surface area contributed by atoms with Crippen LogP contribution in [0, 0.1) is 10.1 Å². The molecule has 0 aromatic heterocycles. The second-order valence-corrected chi connectivity index (χ2v) is 6.33. The van der Waals surface area contributed by atoms with E-state index in [2.05, 4.69) is 0 Å². The van der Waals surface area contributed by atoms with E-state index in [0.29, 0.717) is 30.7 Å². The average Bonchev–Trinajstić information content (AvgIpc) is 3.04. The minimum absolute atomic E-state index is 0.118. The number of nitro groups is 1. The van der Waals surface area contributed by atoms with E-state index in [1.54, 1.807) is 6.07 Å². The monoisotopic (exact) mass is 354 g/mol. The molecule has 9 heteroatoms. The van der Waals surface area contributed by atoms with Crippen LogP contribution in [0.5, 0.6) is 5.75 Å². The Kier molecular flexibility index (Phi) is 6.02. The zero-order valence-electron chi connectivity index (χ0n) is 13.1. The van der Waals surface area contributed by atoms with Gasteiger partial charge in [0.2, 0.25) is 5.91 Å². The highest BCUT2D eigenvalue weighted by Crippen LogP contribution is 2.29. The molecule has 1 heterocycles. The van der Waals surface area contributed by atoms with Gasteiger partial charge in [-0.2, -0.15) is 0 Å². The molecule has 1 aromatic rings. The second kappa shape index (κ2) is 8.00. The fourth-order valence-corrected chi connectivity index (χ4v) is 3.49. The summed E-state index contributed by atoms with van der Waals surface area (Å²) in [5.41, 5.74) is 0.587. The summed E-state index contributed by atoms with van der Waals surface area (Å²) in [6.07, 6.45) is 1.18. The largest absolute Gasteiger partial charge is 0.490 e. The zero-order chi connectivity index (χ0) is 17.7. The van der Waals surface area contributed by atoms with Crippen LogP contribution in [0.3, 0.4) is 0 Å². The van der Waals surface area contributed by atoms with E-state index in [-0.39, 0.29) is 23.1 Å². The number of nitro benzene ring substituents is 1. The highest BCUT2D eigenvalue weighted by atomic mass is 32.2. The summed E-state index contributed by atoms with van der Waals surface area (Å²) >= 11 is 1.30. The first-order valence-electron chi connectivity index (χ1n) is 7.35. The summed E-state index contributed by atoms with van der Waals surface area (Å²) in [5.74, 6) is -0.443. The fourth-order valence-electron chi connectivity index (χ4n) is 2.63. The van der Waals surface area contributed by atoms with Crippen LogP contribution in [0.25, 0.3) is 0 Å². The Morgan fingerprint density at radius 2 is 2.25 bits per heavy atom. The summed E-state index contributed by atoms with van der Waals surface area (Å²) in [4.78, 5) is 35.1. The number of methoxy groups -OCH3 is 1. The van der Waals surface area contributed by atoms with Gasteiger partial charge in [0.1, 0.15) is 6.04 Å². The minimum Gasteiger partial charge on any atom is -0.490 e. The van der Waals surface area contributed by atoms with Gasteiger partial charge in [-0.3, -0.25) is 14.9 Å². The lowest BCUT2D eigenvalue weighted by Gasteiger charge is -2.21. The Hall–Kier alpha value is -2.29. The van der Waals surface area contributed by atoms with Crippen LogP contribution in [0.1, 0.15) is 18.4 Å². The molecular weight excluding hydrogens is 336 g/mol. The summed E-state index contributed by atoms with van der Waals surface area (Å²) in [5, 5.41) is 20.1. The van der Waals surface area contributed by atoms with Crippen molar-refractivity contribution in [3.8, 4) is 5.75 Å². The Morgan fingerprint density at radius 3 is 2.88 bits per heavy atom. The number of carboxylic acid groups (broad SMARTS) is 1. The molecule has 2 rings (SSSR count). The lowest BCUT2D eigenvalue weighted by molar-refractivity contribution is -0.385. The number of amides is 1. The first kappa shape index (κ1) is 18.1. The van der Waals surface area contributed by atoms with Crippen molar-refractivity contribution in [3.05, 3.63) is 33.9 Å². The average molecular weight is 354 g/mol. The number of carboxylic acids is 1. The van der Waals surface area contributed by atoms with E-state index >= 15 is 0 Å². The maximum atomic E-state index is 12.1. The van der Waals surface area contributed by atoms with Crippen molar-refractivity contribution in [2.24, 2.45) is 0 Å². The molecule has 1 N–H and O–H groups in total. The number of nitrogens with zero attached hydrogens (tertiary/aromatic N) is 2. The van der Waals surface area contributed by atoms with Gasteiger partial charge in [-0.15, -0.1) is 11.8 Å². The van der Waals surface area contributed by atoms with Crippen molar-refractivity contribution in [3.63, 3.8) is 0 Å². The van der Waals surface area contributed by atoms with Crippen LogP contribution >= 0.6 is 11.8 Å². The molecule has 1 atom stereocenters. The quantitative estimate of drug-likeness (QED) is 0.588. The molecule has 130 valence electrons. The Labute approximate surface area is 142 Å². The summed E-state index contributed by atoms with van der Waals surface area (Å²) < 4.78 is 4.94. The van der Waals surface area contributed by atoms with Crippen molar-refractivity contribution in [1.29, 1.82) is 0 Å². The van der Waals surface area contributed by atoms with Gasteiger partial charge < -0.3 is 14.7 Å². The van der Waals surface area contributed by atoms with Gasteiger partial charge in [0.25, 0.3) is 0 Å². The van der Waals surface area contributed by atoms with Crippen LogP contribution in [-0.2, 0) is 15.3 Å². The van der Waals surface area contributed by atoms with E-state index in [1.807, 2.05) is 0 Å². The molecule has 1 fully saturated rings. The summed E-state index contributed by atoms with van der Waals surface area (Å²) in [6.45, 7) is 0.463. The van der Waals surface area contributed by atoms with Crippen molar-refractivity contribution < 1.29 is 24.4 Å². The maximum Gasteiger partial charge on any atom is 0.326 e. The SMILES string of the molecule is COc1ccc(CSCC(=O)N2CCC[C@H]2C(=O)O)cc1[N+](=O)[O-]. The molecule has 1 aliphatic heterocycles. The predicted octanol–water partition coefficient (Wildman–Crippen LogP) is 1.91. The molecule has 0 unspecified atom stereocenters. The first-order valence-corrected chi connectivity index (χ1v) is 8.51. The van der Waals surface area contributed by atoms with Gasteiger partial charge in [0.15, 0.2) is 5.75 Å². The number of aliphatic carboxylic acids is 1. The highest BCUT2D eigenvalue weighted by molar-refractivity contribution is 7.99. The van der Waals surface area contributed by atoms with E-state index in [1.165, 1.54) is 35.9 Å². The predicted molar refractivity (Wildman–Crippen MR) is 88.2 cm³/mol. The molecule has 1 aliphatic rings. The highest BCUT2D eigenvalue weighted by Gasteiger charge is 2.33. The fraction of sp³-hybridized carbons (Fsp3) is 0.467. The molecular formula is C15H18N2O6S. The normalized spacial score (nSPS) is 16.9. The van der Waals surface area contributed by atoms with Crippen molar-refractivity contribution >= 4 is 29.3 Å². The molecule has 0 bridgehead atoms. The van der Waals surface area contributed by atoms with Gasteiger partial charge in [0, 0.05) is 18.4 Å². The molecule has 0 saturated carbocycles. The van der Waals surface area contributed by atoms with Gasteiger partial charge >= 0.3 is 11.7 Å². The van der Waals surface area contributed by atoms with Crippen LogP contribution in [0.2, 0.25) is 0 Å². The third kappa shape index (κ3) is 4.16. The Morgan fingerprint density at radius 1 is 1.50 bits per heavy atom. The molecule has 24 heavy (non-hydrogen) atoms. The summed E-state index contributed by atoms with van der Waals surface area (Å²) in [7, 11) is 1.37. The van der Waals surface area contributed by atoms with Gasteiger partial charge in [-0.1, -0.05) is 6.07 Å². The van der Waals surface area contributed by atoms with Crippen LogP contribution in [0.15, 0.2) is 18.2 Å². The maximum absolute atomic E-state index is 12.1. The van der Waals surface area contributed by atoms with Gasteiger partial charge in [-0.25, -0.2) is 4.79 Å². The first-order chi connectivity index (χ1) is 11.4. The van der Waals surface area contributed by atoms with Crippen molar-refractivity contribution in [2.75, 3.05) is 19.4 Å². The smallest absolute Gasteiger partial charge is 0.326 e. The number of carbonyl (C=O) groups is 2. The molecule has 8 nitrogen and oxygen atoms in total. The number of carbonyl (C=O) groups excluding carboxylic acids is 1. The number of hydrogen-bond acceptors (Lipinski definition) is 6. The Bertz CT molecular complexity index is 651. The number of ether oxygens (including phenoxy) is 1. The molecule has 0 spiro atoms. The van der Waals surface area contributed by atoms with Gasteiger partial charge in [-0.05, 0) is 24.5 Å². The zero-order valence-corrected chi connectivity index (χ0v) is 14.0. The van der Waals surface area contributed by atoms with Crippen LogP contribution < -0.4 is 4.74 Å². The number of rotatable bonds is 7. The molecule has 0 aliphatic carbocycles. The molecule has 1 saturated heterocycles. The lowest BCUT2D eigenvalue weighted by Crippen LogP contribution is -2.41. The molecule has 1 amide bonds. The number of likely N-dealkylation sites (tertiary alicyclic amines) is 1. The third-order valence-electron chi connectivity index (χ3n) is 3.79. The van der Waals surface area contributed by atoms with Crippen LogP contribution in [-0.4, -0.2) is 52.3 Å². The van der Waals surface area contributed by atoms with E-state index in [4.69, 9.17) is 9.84 Å². The number of benzene rings is 1. The standard InChI is InChI=1S/C15H18N2O6S/c1-23-13-5-4-10(7-12(13)17(21)22)8-24-9-14(18)16-6-2-3-11(16)15(19)20/h4-5,7,11H,2-3,6,8-9H2,1H3,(H,19,20)/t11-/m0/s1. The number of hydrogen-bond donors (Lipinski definition) is 1.